The number of benzene rings is 1. The standard InChI is InChI=1S/C19H14N4O4/c1-27-13-4-2-3-12(9-13)15-16(11-5-7-20-8-6-11)22-23-17(15)21-10-14(18(23)24)19(25)26/h2-10,21H,1H3,(H,25,26). The molecular formula is C19H14N4O4. The van der Waals surface area contributed by atoms with E-state index in [1.165, 1.54) is 6.20 Å². The van der Waals surface area contributed by atoms with E-state index < -0.39 is 11.5 Å². The van der Waals surface area contributed by atoms with E-state index in [4.69, 9.17) is 4.74 Å². The minimum Gasteiger partial charge on any atom is -0.497 e. The molecular weight excluding hydrogens is 348 g/mol. The highest BCUT2D eigenvalue weighted by molar-refractivity contribution is 5.92. The average molecular weight is 362 g/mol. The fourth-order valence-corrected chi connectivity index (χ4v) is 2.93. The molecule has 1 aromatic carbocycles. The largest absolute Gasteiger partial charge is 0.497 e. The topological polar surface area (TPSA) is 110 Å². The molecule has 0 saturated carbocycles. The zero-order valence-corrected chi connectivity index (χ0v) is 14.2. The molecule has 4 aromatic rings. The van der Waals surface area contributed by atoms with Crippen molar-refractivity contribution in [2.45, 2.75) is 0 Å². The molecule has 0 atom stereocenters. The van der Waals surface area contributed by atoms with Gasteiger partial charge in [0.05, 0.1) is 12.7 Å². The Hall–Kier alpha value is -3.94. The smallest absolute Gasteiger partial charge is 0.342 e. The maximum Gasteiger partial charge on any atom is 0.342 e. The van der Waals surface area contributed by atoms with Crippen LogP contribution in [0.15, 0.2) is 59.8 Å². The number of carboxylic acid groups (broad SMARTS) is 1. The van der Waals surface area contributed by atoms with Crippen LogP contribution in [-0.2, 0) is 0 Å². The summed E-state index contributed by atoms with van der Waals surface area (Å²) in [4.78, 5) is 30.8. The third-order valence-electron chi connectivity index (χ3n) is 4.20. The van der Waals surface area contributed by atoms with Crippen LogP contribution in [0.2, 0.25) is 0 Å². The van der Waals surface area contributed by atoms with Crippen LogP contribution in [0.3, 0.4) is 0 Å². The number of aromatic nitrogens is 4. The third-order valence-corrected chi connectivity index (χ3v) is 4.20. The summed E-state index contributed by atoms with van der Waals surface area (Å²) < 4.78 is 6.38. The number of aromatic carboxylic acids is 1. The van der Waals surface area contributed by atoms with Crippen LogP contribution in [0.4, 0.5) is 0 Å². The second-order valence-corrected chi connectivity index (χ2v) is 5.76. The van der Waals surface area contributed by atoms with E-state index in [1.807, 2.05) is 24.3 Å². The Morgan fingerprint density at radius 2 is 1.96 bits per heavy atom. The second kappa shape index (κ2) is 6.41. The molecule has 0 spiro atoms. The molecule has 0 radical (unpaired) electrons. The fourth-order valence-electron chi connectivity index (χ4n) is 2.93. The molecule has 0 amide bonds. The zero-order valence-electron chi connectivity index (χ0n) is 14.2. The molecule has 0 aliphatic heterocycles. The van der Waals surface area contributed by atoms with Gasteiger partial charge in [-0.2, -0.15) is 9.61 Å². The monoisotopic (exact) mass is 362 g/mol. The van der Waals surface area contributed by atoms with Crippen LogP contribution in [0.1, 0.15) is 10.4 Å². The van der Waals surface area contributed by atoms with Gasteiger partial charge < -0.3 is 14.8 Å². The lowest BCUT2D eigenvalue weighted by atomic mass is 10.0. The highest BCUT2D eigenvalue weighted by Gasteiger charge is 2.21. The van der Waals surface area contributed by atoms with Crippen LogP contribution in [-0.4, -0.2) is 37.8 Å². The highest BCUT2D eigenvalue weighted by atomic mass is 16.5. The van der Waals surface area contributed by atoms with Crippen LogP contribution in [0.5, 0.6) is 5.75 Å². The lowest BCUT2D eigenvalue weighted by Crippen LogP contribution is -2.22. The number of nitrogens with one attached hydrogen (secondary N) is 1. The maximum absolute atomic E-state index is 12.6. The van der Waals surface area contributed by atoms with E-state index in [0.717, 1.165) is 15.6 Å². The second-order valence-electron chi connectivity index (χ2n) is 5.76. The van der Waals surface area contributed by atoms with Gasteiger partial charge in [0.2, 0.25) is 0 Å². The highest BCUT2D eigenvalue weighted by Crippen LogP contribution is 2.35. The number of ether oxygens (including phenoxy) is 1. The summed E-state index contributed by atoms with van der Waals surface area (Å²) in [6, 6.07) is 10.9. The van der Waals surface area contributed by atoms with Crippen molar-refractivity contribution in [2.24, 2.45) is 0 Å². The average Bonchev–Trinajstić information content (AvgIpc) is 3.09. The Balaban J connectivity index is 2.10. The van der Waals surface area contributed by atoms with Gasteiger partial charge in [-0.3, -0.25) is 9.78 Å². The number of carbonyl (C=O) groups is 1. The number of pyridine rings is 1. The first kappa shape index (κ1) is 16.5. The summed E-state index contributed by atoms with van der Waals surface area (Å²) in [6.07, 6.45) is 4.43. The molecule has 4 rings (SSSR count). The molecule has 3 heterocycles. The van der Waals surface area contributed by atoms with Crippen molar-refractivity contribution in [3.8, 4) is 28.1 Å². The molecule has 0 unspecified atom stereocenters. The van der Waals surface area contributed by atoms with E-state index in [0.29, 0.717) is 22.7 Å². The van der Waals surface area contributed by atoms with Gasteiger partial charge >= 0.3 is 5.97 Å². The molecule has 0 aliphatic rings. The van der Waals surface area contributed by atoms with Crippen LogP contribution >= 0.6 is 0 Å². The zero-order chi connectivity index (χ0) is 19.0. The van der Waals surface area contributed by atoms with Crippen molar-refractivity contribution in [1.82, 2.24) is 19.6 Å². The summed E-state index contributed by atoms with van der Waals surface area (Å²) >= 11 is 0. The van der Waals surface area contributed by atoms with Crippen molar-refractivity contribution in [3.05, 3.63) is 70.9 Å². The Bertz CT molecular complexity index is 1210. The molecule has 134 valence electrons. The first-order chi connectivity index (χ1) is 13.1. The normalized spacial score (nSPS) is 10.9. The number of carboxylic acids is 1. The van der Waals surface area contributed by atoms with Crippen molar-refractivity contribution in [3.63, 3.8) is 0 Å². The first-order valence-electron chi connectivity index (χ1n) is 8.02. The van der Waals surface area contributed by atoms with Gasteiger partial charge in [0.15, 0.2) is 0 Å². The number of methoxy groups -OCH3 is 1. The number of fused-ring (bicyclic) bond motifs is 1. The van der Waals surface area contributed by atoms with E-state index in [1.54, 1.807) is 31.6 Å². The van der Waals surface area contributed by atoms with Gasteiger partial charge in [-0.15, -0.1) is 0 Å². The van der Waals surface area contributed by atoms with Gasteiger partial charge in [0.25, 0.3) is 5.56 Å². The molecule has 0 bridgehead atoms. The molecule has 2 N–H and O–H groups in total. The molecule has 8 heteroatoms. The number of hydrogen-bond acceptors (Lipinski definition) is 5. The summed E-state index contributed by atoms with van der Waals surface area (Å²) in [5.41, 5.74) is 2.01. The minimum absolute atomic E-state index is 0.386. The minimum atomic E-state index is -1.32. The van der Waals surface area contributed by atoms with E-state index in [-0.39, 0.29) is 5.56 Å². The third kappa shape index (κ3) is 2.73. The van der Waals surface area contributed by atoms with Gasteiger partial charge in [0.1, 0.15) is 22.7 Å². The molecule has 0 aliphatic carbocycles. The van der Waals surface area contributed by atoms with Crippen LogP contribution in [0.25, 0.3) is 28.0 Å². The molecule has 8 nitrogen and oxygen atoms in total. The number of H-pyrrole nitrogens is 1. The van der Waals surface area contributed by atoms with Crippen molar-refractivity contribution >= 4 is 11.6 Å². The van der Waals surface area contributed by atoms with Gasteiger partial charge in [-0.25, -0.2) is 4.79 Å². The number of hydrogen-bond donors (Lipinski definition) is 2. The number of rotatable bonds is 4. The first-order valence-corrected chi connectivity index (χ1v) is 8.02. The van der Waals surface area contributed by atoms with Crippen molar-refractivity contribution in [2.75, 3.05) is 7.11 Å². The fraction of sp³-hybridized carbons (Fsp3) is 0.0526. The van der Waals surface area contributed by atoms with Crippen LogP contribution < -0.4 is 10.3 Å². The molecule has 3 aromatic heterocycles. The summed E-state index contributed by atoms with van der Waals surface area (Å²) in [6.45, 7) is 0. The van der Waals surface area contributed by atoms with Crippen molar-refractivity contribution in [1.29, 1.82) is 0 Å². The Morgan fingerprint density at radius 1 is 1.19 bits per heavy atom. The predicted octanol–water partition coefficient (Wildman–Crippen LogP) is 2.46. The van der Waals surface area contributed by atoms with Crippen LogP contribution in [0, 0.1) is 0 Å². The number of aromatic amines is 1. The summed E-state index contributed by atoms with van der Waals surface area (Å²) in [5, 5.41) is 13.6. The molecule has 27 heavy (non-hydrogen) atoms. The van der Waals surface area contributed by atoms with Gasteiger partial charge in [0, 0.05) is 24.2 Å². The Morgan fingerprint density at radius 3 is 2.67 bits per heavy atom. The van der Waals surface area contributed by atoms with Gasteiger partial charge in [-0.05, 0) is 29.8 Å². The lowest BCUT2D eigenvalue weighted by molar-refractivity contribution is 0.0694. The molecule has 0 saturated heterocycles. The Kier molecular flexibility index (Phi) is 3.92. The lowest BCUT2D eigenvalue weighted by Gasteiger charge is -2.06. The van der Waals surface area contributed by atoms with Crippen molar-refractivity contribution < 1.29 is 14.6 Å². The van der Waals surface area contributed by atoms with E-state index in [2.05, 4.69) is 15.1 Å². The van der Waals surface area contributed by atoms with E-state index >= 15 is 0 Å². The SMILES string of the molecule is COc1cccc(-c2c(-c3ccncc3)nn3c(=O)c(C(=O)O)c[nH]c23)c1. The quantitative estimate of drug-likeness (QED) is 0.577. The summed E-state index contributed by atoms with van der Waals surface area (Å²) in [5.74, 6) is -0.668. The van der Waals surface area contributed by atoms with Gasteiger partial charge in [-0.1, -0.05) is 12.1 Å². The predicted molar refractivity (Wildman–Crippen MR) is 98.0 cm³/mol. The van der Waals surface area contributed by atoms with E-state index in [9.17, 15) is 14.7 Å². The summed E-state index contributed by atoms with van der Waals surface area (Å²) in [7, 11) is 1.57. The Labute approximate surface area is 152 Å². The molecule has 0 fully saturated rings. The number of nitrogens with zero attached hydrogens (tertiary/aromatic N) is 3. The maximum atomic E-state index is 12.6.